The molecular formula is C22H21NO4. The molecular weight excluding hydrogens is 342 g/mol. The molecule has 0 aliphatic rings. The normalized spacial score (nSPS) is 10.0. The van der Waals surface area contributed by atoms with E-state index in [9.17, 15) is 9.59 Å². The van der Waals surface area contributed by atoms with Crippen molar-refractivity contribution in [3.8, 4) is 23.3 Å². The smallest absolute Gasteiger partial charge is 0.248 e. The second-order valence-electron chi connectivity index (χ2n) is 5.43. The van der Waals surface area contributed by atoms with Gasteiger partial charge < -0.3 is 14.8 Å². The largest absolute Gasteiger partial charge is 0.493 e. The Kier molecular flexibility index (Phi) is 7.68. The molecule has 0 unspecified atom stereocenters. The van der Waals surface area contributed by atoms with Crippen LogP contribution in [0.3, 0.4) is 0 Å². The molecule has 0 aromatic heterocycles. The molecule has 0 spiro atoms. The van der Waals surface area contributed by atoms with Crippen LogP contribution in [0.5, 0.6) is 11.5 Å². The molecule has 1 N–H and O–H groups in total. The molecule has 0 aliphatic carbocycles. The van der Waals surface area contributed by atoms with Gasteiger partial charge in [-0.25, -0.2) is 0 Å². The molecule has 1 amide bonds. The first kappa shape index (κ1) is 19.8. The highest BCUT2D eigenvalue weighted by Gasteiger charge is 2.06. The minimum Gasteiger partial charge on any atom is -0.493 e. The first-order valence-corrected chi connectivity index (χ1v) is 8.47. The zero-order chi connectivity index (χ0) is 19.5. The standard InChI is InChI=1S/C22H21NO4/c1-3-4-7-14-27-20-12-10-17(15-21(20)26-2)11-13-22(25)23-19-9-6-5-8-18(19)16-24/h5-6,8-13,15-16H,3,14H2,1-2H3,(H,23,25)/b13-11+. The van der Waals surface area contributed by atoms with Crippen molar-refractivity contribution >= 4 is 24.0 Å². The second kappa shape index (κ2) is 10.5. The Morgan fingerprint density at radius 1 is 1.15 bits per heavy atom. The summed E-state index contributed by atoms with van der Waals surface area (Å²) in [7, 11) is 1.55. The molecule has 27 heavy (non-hydrogen) atoms. The molecule has 0 saturated heterocycles. The molecule has 0 aliphatic heterocycles. The molecule has 138 valence electrons. The summed E-state index contributed by atoms with van der Waals surface area (Å²) in [6.45, 7) is 2.26. The van der Waals surface area contributed by atoms with E-state index in [4.69, 9.17) is 9.47 Å². The predicted molar refractivity (Wildman–Crippen MR) is 106 cm³/mol. The van der Waals surface area contributed by atoms with Gasteiger partial charge in [-0.05, 0) is 35.9 Å². The fourth-order valence-electron chi connectivity index (χ4n) is 2.26. The van der Waals surface area contributed by atoms with E-state index >= 15 is 0 Å². The fourth-order valence-corrected chi connectivity index (χ4v) is 2.26. The number of methoxy groups -OCH3 is 1. The van der Waals surface area contributed by atoms with Gasteiger partial charge in [0, 0.05) is 18.1 Å². The Balaban J connectivity index is 2.05. The molecule has 5 nitrogen and oxygen atoms in total. The lowest BCUT2D eigenvalue weighted by Gasteiger charge is -2.09. The third-order valence-corrected chi connectivity index (χ3v) is 3.56. The number of anilines is 1. The molecule has 0 radical (unpaired) electrons. The molecule has 5 heteroatoms. The van der Waals surface area contributed by atoms with Crippen molar-refractivity contribution in [2.75, 3.05) is 19.0 Å². The van der Waals surface area contributed by atoms with E-state index in [1.807, 2.05) is 13.0 Å². The average molecular weight is 363 g/mol. The van der Waals surface area contributed by atoms with Crippen LogP contribution in [0.2, 0.25) is 0 Å². The second-order valence-corrected chi connectivity index (χ2v) is 5.43. The molecule has 0 heterocycles. The Morgan fingerprint density at radius 3 is 2.70 bits per heavy atom. The number of carbonyl (C=O) groups is 2. The summed E-state index contributed by atoms with van der Waals surface area (Å²) in [4.78, 5) is 23.1. The van der Waals surface area contributed by atoms with Gasteiger partial charge >= 0.3 is 0 Å². The summed E-state index contributed by atoms with van der Waals surface area (Å²) >= 11 is 0. The minimum absolute atomic E-state index is 0.290. The van der Waals surface area contributed by atoms with Gasteiger partial charge in [0.25, 0.3) is 0 Å². The number of nitrogens with one attached hydrogen (secondary N) is 1. The first-order valence-electron chi connectivity index (χ1n) is 8.47. The molecule has 0 saturated carbocycles. The van der Waals surface area contributed by atoms with E-state index in [1.165, 1.54) is 6.08 Å². The maximum atomic E-state index is 12.1. The lowest BCUT2D eigenvalue weighted by Crippen LogP contribution is -2.09. The summed E-state index contributed by atoms with van der Waals surface area (Å²) in [6, 6.07) is 12.2. The molecule has 0 atom stereocenters. The summed E-state index contributed by atoms with van der Waals surface area (Å²) in [5.41, 5.74) is 1.67. The van der Waals surface area contributed by atoms with Crippen LogP contribution in [-0.4, -0.2) is 25.9 Å². The van der Waals surface area contributed by atoms with Crippen LogP contribution >= 0.6 is 0 Å². The van der Waals surface area contributed by atoms with Crippen molar-refractivity contribution in [3.63, 3.8) is 0 Å². The topological polar surface area (TPSA) is 64.6 Å². The number of aldehydes is 1. The van der Waals surface area contributed by atoms with Crippen molar-refractivity contribution in [2.24, 2.45) is 0 Å². The summed E-state index contributed by atoms with van der Waals surface area (Å²) in [5.74, 6) is 6.65. The van der Waals surface area contributed by atoms with Crippen LogP contribution in [-0.2, 0) is 4.79 Å². The quantitative estimate of drug-likeness (QED) is 0.460. The van der Waals surface area contributed by atoms with Crippen molar-refractivity contribution in [1.82, 2.24) is 0 Å². The predicted octanol–water partition coefficient (Wildman–Crippen LogP) is 3.95. The monoisotopic (exact) mass is 363 g/mol. The zero-order valence-corrected chi connectivity index (χ0v) is 15.3. The number of carbonyl (C=O) groups excluding carboxylic acids is 2. The third-order valence-electron chi connectivity index (χ3n) is 3.56. The fraction of sp³-hybridized carbons (Fsp3) is 0.182. The van der Waals surface area contributed by atoms with E-state index in [-0.39, 0.29) is 12.5 Å². The average Bonchev–Trinajstić information content (AvgIpc) is 2.70. The van der Waals surface area contributed by atoms with Crippen LogP contribution in [0.1, 0.15) is 29.3 Å². The number of ether oxygens (including phenoxy) is 2. The Labute approximate surface area is 159 Å². The van der Waals surface area contributed by atoms with Crippen LogP contribution < -0.4 is 14.8 Å². The lowest BCUT2D eigenvalue weighted by molar-refractivity contribution is -0.111. The van der Waals surface area contributed by atoms with E-state index in [0.717, 1.165) is 12.0 Å². The van der Waals surface area contributed by atoms with Gasteiger partial charge in [-0.2, -0.15) is 0 Å². The van der Waals surface area contributed by atoms with Gasteiger partial charge in [-0.15, -0.1) is 5.92 Å². The Bertz CT molecular complexity index is 891. The van der Waals surface area contributed by atoms with Crippen LogP contribution in [0, 0.1) is 11.8 Å². The van der Waals surface area contributed by atoms with Crippen molar-refractivity contribution in [1.29, 1.82) is 0 Å². The van der Waals surface area contributed by atoms with Gasteiger partial charge in [0.2, 0.25) is 5.91 Å². The number of para-hydroxylation sites is 1. The van der Waals surface area contributed by atoms with Crippen LogP contribution in [0.25, 0.3) is 6.08 Å². The first-order chi connectivity index (χ1) is 13.2. The summed E-state index contributed by atoms with van der Waals surface area (Å²) < 4.78 is 10.9. The highest BCUT2D eigenvalue weighted by molar-refractivity contribution is 6.04. The number of amides is 1. The molecule has 2 aromatic rings. The van der Waals surface area contributed by atoms with Gasteiger partial charge in [0.05, 0.1) is 12.8 Å². The van der Waals surface area contributed by atoms with Gasteiger partial charge in [0.15, 0.2) is 17.8 Å². The highest BCUT2D eigenvalue weighted by atomic mass is 16.5. The van der Waals surface area contributed by atoms with Crippen LogP contribution in [0.15, 0.2) is 48.5 Å². The number of hydrogen-bond acceptors (Lipinski definition) is 4. The molecule has 2 aromatic carbocycles. The van der Waals surface area contributed by atoms with Gasteiger partial charge in [-0.1, -0.05) is 31.0 Å². The van der Waals surface area contributed by atoms with E-state index in [2.05, 4.69) is 17.2 Å². The summed E-state index contributed by atoms with van der Waals surface area (Å²) in [6.07, 6.45) is 4.53. The molecule has 2 rings (SSSR count). The van der Waals surface area contributed by atoms with E-state index in [1.54, 1.807) is 49.6 Å². The number of hydrogen-bond donors (Lipinski definition) is 1. The highest BCUT2D eigenvalue weighted by Crippen LogP contribution is 2.28. The summed E-state index contributed by atoms with van der Waals surface area (Å²) in [5, 5.41) is 2.68. The lowest BCUT2D eigenvalue weighted by atomic mass is 10.1. The maximum Gasteiger partial charge on any atom is 0.248 e. The minimum atomic E-state index is -0.335. The number of benzene rings is 2. The molecule has 0 fully saturated rings. The van der Waals surface area contributed by atoms with E-state index in [0.29, 0.717) is 29.0 Å². The Morgan fingerprint density at radius 2 is 1.96 bits per heavy atom. The van der Waals surface area contributed by atoms with Crippen LogP contribution in [0.4, 0.5) is 5.69 Å². The molecule has 0 bridgehead atoms. The Hall–Kier alpha value is -3.52. The number of rotatable bonds is 7. The van der Waals surface area contributed by atoms with Gasteiger partial charge in [-0.3, -0.25) is 9.59 Å². The van der Waals surface area contributed by atoms with E-state index < -0.39 is 0 Å². The maximum absolute atomic E-state index is 12.1. The van der Waals surface area contributed by atoms with Gasteiger partial charge in [0.1, 0.15) is 6.61 Å². The van der Waals surface area contributed by atoms with Crippen molar-refractivity contribution in [3.05, 3.63) is 59.7 Å². The zero-order valence-electron chi connectivity index (χ0n) is 15.3. The third kappa shape index (κ3) is 6.05. The SMILES string of the molecule is CCC#CCOc1ccc(/C=C/C(=O)Nc2ccccc2C=O)cc1OC. The van der Waals surface area contributed by atoms with Crippen molar-refractivity contribution in [2.45, 2.75) is 13.3 Å². The van der Waals surface area contributed by atoms with Crippen molar-refractivity contribution < 1.29 is 19.1 Å².